The molecule has 1 N–H and O–H groups in total. The Bertz CT molecular complexity index is 332. The number of amides is 2. The normalized spacial score (nSPS) is 11.6. The van der Waals surface area contributed by atoms with E-state index in [0.717, 1.165) is 0 Å². The number of carboxylic acids is 1. The quantitative estimate of drug-likeness (QED) is 0.693. The number of hydrogen-bond acceptors (Lipinski definition) is 4. The van der Waals surface area contributed by atoms with Gasteiger partial charge in [-0.2, -0.15) is 0 Å². The number of rotatable bonds is 7. The van der Waals surface area contributed by atoms with Crippen molar-refractivity contribution in [1.82, 2.24) is 9.80 Å². The van der Waals surface area contributed by atoms with Crippen LogP contribution >= 0.6 is 0 Å². The van der Waals surface area contributed by atoms with Crippen molar-refractivity contribution in [2.45, 2.75) is 33.2 Å². The van der Waals surface area contributed by atoms with Crippen molar-refractivity contribution >= 4 is 18.0 Å². The van der Waals surface area contributed by atoms with Crippen molar-refractivity contribution in [2.75, 3.05) is 26.7 Å². The van der Waals surface area contributed by atoms with E-state index in [2.05, 4.69) is 4.74 Å². The molecular weight excluding hydrogens is 252 g/mol. The number of nitrogens with zero attached hydrogens (tertiary/aromatic N) is 2. The molecule has 0 fully saturated rings. The van der Waals surface area contributed by atoms with Crippen LogP contribution in [0, 0.1) is 0 Å². The lowest BCUT2D eigenvalue weighted by Crippen LogP contribution is -2.50. The van der Waals surface area contributed by atoms with E-state index >= 15 is 0 Å². The maximum atomic E-state index is 12.2. The molecule has 0 aliphatic carbocycles. The molecule has 1 unspecified atom stereocenters. The summed E-state index contributed by atoms with van der Waals surface area (Å²) in [5.74, 6) is -1.61. The molecule has 0 spiro atoms. The summed E-state index contributed by atoms with van der Waals surface area (Å²) in [6.45, 7) is 5.09. The van der Waals surface area contributed by atoms with E-state index in [-0.39, 0.29) is 19.1 Å². The standard InChI is InChI=1S/C12H22N2O5/c1-5-9(3)14(7-10(15)16)12(18)13(6-2)8-11(17)19-4/h9H,5-8H2,1-4H3,(H,15,16). The lowest BCUT2D eigenvalue weighted by molar-refractivity contribution is -0.141. The fraction of sp³-hybridized carbons (Fsp3) is 0.750. The van der Waals surface area contributed by atoms with Gasteiger partial charge >= 0.3 is 18.0 Å². The Kier molecular flexibility index (Phi) is 7.55. The molecule has 7 nitrogen and oxygen atoms in total. The summed E-state index contributed by atoms with van der Waals surface area (Å²) in [6.07, 6.45) is 0.634. The fourth-order valence-corrected chi connectivity index (χ4v) is 1.49. The molecule has 0 saturated heterocycles. The molecule has 1 atom stereocenters. The first kappa shape index (κ1) is 17.2. The number of carboxylic acid groups (broad SMARTS) is 1. The largest absolute Gasteiger partial charge is 0.480 e. The molecule has 2 amide bonds. The summed E-state index contributed by atoms with van der Waals surface area (Å²) >= 11 is 0. The Morgan fingerprint density at radius 2 is 1.79 bits per heavy atom. The highest BCUT2D eigenvalue weighted by atomic mass is 16.5. The van der Waals surface area contributed by atoms with Gasteiger partial charge < -0.3 is 19.6 Å². The highest BCUT2D eigenvalue weighted by Crippen LogP contribution is 2.08. The second kappa shape index (κ2) is 8.34. The van der Waals surface area contributed by atoms with E-state index in [1.807, 2.05) is 6.92 Å². The maximum Gasteiger partial charge on any atom is 0.325 e. The molecule has 0 aromatic heterocycles. The fourth-order valence-electron chi connectivity index (χ4n) is 1.49. The minimum Gasteiger partial charge on any atom is -0.480 e. The van der Waals surface area contributed by atoms with Crippen LogP contribution in [0.5, 0.6) is 0 Å². The van der Waals surface area contributed by atoms with Crippen LogP contribution in [0.3, 0.4) is 0 Å². The van der Waals surface area contributed by atoms with Gasteiger partial charge in [-0.1, -0.05) is 6.92 Å². The first-order valence-electron chi connectivity index (χ1n) is 6.21. The van der Waals surface area contributed by atoms with Crippen molar-refractivity contribution in [3.63, 3.8) is 0 Å². The summed E-state index contributed by atoms with van der Waals surface area (Å²) < 4.78 is 4.51. The lowest BCUT2D eigenvalue weighted by atomic mass is 10.2. The summed E-state index contributed by atoms with van der Waals surface area (Å²) in [6, 6.07) is -0.681. The van der Waals surface area contributed by atoms with Gasteiger partial charge in [0.05, 0.1) is 7.11 Å². The molecule has 0 aromatic rings. The first-order chi connectivity index (χ1) is 8.87. The van der Waals surface area contributed by atoms with Gasteiger partial charge in [0.1, 0.15) is 13.1 Å². The van der Waals surface area contributed by atoms with Crippen molar-refractivity contribution in [3.8, 4) is 0 Å². The molecule has 19 heavy (non-hydrogen) atoms. The average molecular weight is 274 g/mol. The molecular formula is C12H22N2O5. The van der Waals surface area contributed by atoms with Crippen LogP contribution in [0.25, 0.3) is 0 Å². The molecule has 0 bridgehead atoms. The van der Waals surface area contributed by atoms with Crippen molar-refractivity contribution < 1.29 is 24.2 Å². The number of urea groups is 1. The monoisotopic (exact) mass is 274 g/mol. The van der Waals surface area contributed by atoms with E-state index in [9.17, 15) is 14.4 Å². The number of carbonyl (C=O) groups excluding carboxylic acids is 2. The predicted octanol–water partition coefficient (Wildman–Crippen LogP) is 0.786. The summed E-state index contributed by atoms with van der Waals surface area (Å²) in [5.41, 5.74) is 0. The zero-order chi connectivity index (χ0) is 15.0. The van der Waals surface area contributed by atoms with Crippen molar-refractivity contribution in [3.05, 3.63) is 0 Å². The predicted molar refractivity (Wildman–Crippen MR) is 68.8 cm³/mol. The molecule has 0 aliphatic rings. The van der Waals surface area contributed by atoms with E-state index < -0.39 is 18.0 Å². The van der Waals surface area contributed by atoms with Crippen LogP contribution in [0.4, 0.5) is 4.79 Å². The summed E-state index contributed by atoms with van der Waals surface area (Å²) in [5, 5.41) is 8.86. The second-order valence-electron chi connectivity index (χ2n) is 4.15. The number of ether oxygens (including phenoxy) is 1. The van der Waals surface area contributed by atoms with Crippen molar-refractivity contribution in [2.24, 2.45) is 0 Å². The Hall–Kier alpha value is -1.79. The highest BCUT2D eigenvalue weighted by Gasteiger charge is 2.26. The van der Waals surface area contributed by atoms with Gasteiger partial charge in [-0.15, -0.1) is 0 Å². The van der Waals surface area contributed by atoms with Crippen LogP contribution in [0.1, 0.15) is 27.2 Å². The van der Waals surface area contributed by atoms with Crippen LogP contribution in [-0.4, -0.2) is 65.7 Å². The van der Waals surface area contributed by atoms with Gasteiger partial charge in [-0.3, -0.25) is 9.59 Å². The molecule has 0 heterocycles. The molecule has 0 rings (SSSR count). The van der Waals surface area contributed by atoms with Gasteiger partial charge in [0.15, 0.2) is 0 Å². The van der Waals surface area contributed by atoms with Gasteiger partial charge in [-0.05, 0) is 20.3 Å². The molecule has 110 valence electrons. The number of carbonyl (C=O) groups is 3. The van der Waals surface area contributed by atoms with Gasteiger partial charge in [0.25, 0.3) is 0 Å². The minimum absolute atomic E-state index is 0.182. The van der Waals surface area contributed by atoms with E-state index in [1.54, 1.807) is 13.8 Å². The zero-order valence-corrected chi connectivity index (χ0v) is 11.9. The lowest BCUT2D eigenvalue weighted by Gasteiger charge is -2.32. The number of methoxy groups -OCH3 is 1. The van der Waals surface area contributed by atoms with Crippen LogP contribution in [0.15, 0.2) is 0 Å². The Balaban J connectivity index is 4.92. The summed E-state index contributed by atoms with van der Waals surface area (Å²) in [7, 11) is 1.24. The molecule has 0 aromatic carbocycles. The Labute approximate surface area is 113 Å². The average Bonchev–Trinajstić information content (AvgIpc) is 2.39. The van der Waals surface area contributed by atoms with Gasteiger partial charge in [0.2, 0.25) is 0 Å². The van der Waals surface area contributed by atoms with E-state index in [1.165, 1.54) is 16.9 Å². The zero-order valence-electron chi connectivity index (χ0n) is 11.9. The smallest absolute Gasteiger partial charge is 0.325 e. The number of likely N-dealkylation sites (N-methyl/N-ethyl adjacent to an activating group) is 1. The third-order valence-electron chi connectivity index (χ3n) is 2.87. The highest BCUT2D eigenvalue weighted by molar-refractivity contribution is 5.83. The molecule has 0 saturated carbocycles. The summed E-state index contributed by atoms with van der Waals surface area (Å²) in [4.78, 5) is 36.8. The van der Waals surface area contributed by atoms with E-state index in [4.69, 9.17) is 5.11 Å². The second-order valence-corrected chi connectivity index (χ2v) is 4.15. The topological polar surface area (TPSA) is 87.2 Å². The maximum absolute atomic E-state index is 12.2. The van der Waals surface area contributed by atoms with Crippen LogP contribution in [0.2, 0.25) is 0 Å². The SMILES string of the molecule is CCC(C)N(CC(=O)O)C(=O)N(CC)CC(=O)OC. The number of esters is 1. The molecule has 0 aliphatic heterocycles. The third kappa shape index (κ3) is 5.58. The van der Waals surface area contributed by atoms with Gasteiger partial charge in [0, 0.05) is 12.6 Å². The number of hydrogen-bond donors (Lipinski definition) is 1. The van der Waals surface area contributed by atoms with Gasteiger partial charge in [-0.25, -0.2) is 4.79 Å². The van der Waals surface area contributed by atoms with Crippen molar-refractivity contribution in [1.29, 1.82) is 0 Å². The van der Waals surface area contributed by atoms with E-state index in [0.29, 0.717) is 13.0 Å². The molecule has 0 radical (unpaired) electrons. The number of aliphatic carboxylic acids is 1. The minimum atomic E-state index is -1.08. The third-order valence-corrected chi connectivity index (χ3v) is 2.87. The Morgan fingerprint density at radius 1 is 1.21 bits per heavy atom. The van der Waals surface area contributed by atoms with Crippen LogP contribution in [-0.2, 0) is 14.3 Å². The first-order valence-corrected chi connectivity index (χ1v) is 6.21. The van der Waals surface area contributed by atoms with Crippen LogP contribution < -0.4 is 0 Å². The molecule has 7 heteroatoms. The Morgan fingerprint density at radius 3 is 2.16 bits per heavy atom.